The Balaban J connectivity index is 2.18. The summed E-state index contributed by atoms with van der Waals surface area (Å²) >= 11 is 0. The number of hydrogen-bond acceptors (Lipinski definition) is 2. The van der Waals surface area contributed by atoms with E-state index in [9.17, 15) is 0 Å². The predicted octanol–water partition coefficient (Wildman–Crippen LogP) is 2.66. The summed E-state index contributed by atoms with van der Waals surface area (Å²) in [4.78, 5) is 0. The summed E-state index contributed by atoms with van der Waals surface area (Å²) in [5, 5.41) is 4.51. The summed E-state index contributed by atoms with van der Waals surface area (Å²) in [6.07, 6.45) is 6.02. The third-order valence-corrected chi connectivity index (χ3v) is 4.31. The molecule has 1 aromatic heterocycles. The second-order valence-corrected chi connectivity index (χ2v) is 5.65. The fraction of sp³-hybridized carbons (Fsp3) is 0.786. The van der Waals surface area contributed by atoms with Crippen molar-refractivity contribution < 1.29 is 0 Å². The normalized spacial score (nSPS) is 29.5. The van der Waals surface area contributed by atoms with E-state index in [1.807, 2.05) is 0 Å². The molecule has 1 aliphatic carbocycles. The summed E-state index contributed by atoms with van der Waals surface area (Å²) in [5.41, 5.74) is 9.02. The number of hydrogen-bond donors (Lipinski definition) is 1. The maximum atomic E-state index is 6.63. The van der Waals surface area contributed by atoms with Crippen molar-refractivity contribution in [2.45, 2.75) is 65.0 Å². The minimum atomic E-state index is -0.0162. The molecule has 1 heterocycles. The van der Waals surface area contributed by atoms with E-state index < -0.39 is 0 Å². The van der Waals surface area contributed by atoms with Crippen LogP contribution in [0.3, 0.4) is 0 Å². The van der Waals surface area contributed by atoms with Gasteiger partial charge in [0.25, 0.3) is 0 Å². The maximum Gasteiger partial charge on any atom is 0.0596 e. The van der Waals surface area contributed by atoms with Gasteiger partial charge in [-0.15, -0.1) is 0 Å². The monoisotopic (exact) mass is 235 g/mol. The first-order valence-corrected chi connectivity index (χ1v) is 6.87. The Morgan fingerprint density at radius 1 is 1.53 bits per heavy atom. The fourth-order valence-corrected chi connectivity index (χ4v) is 3.05. The Bertz CT molecular complexity index is 383. The second-order valence-electron chi connectivity index (χ2n) is 5.65. The number of aromatic nitrogens is 2. The second kappa shape index (κ2) is 4.81. The van der Waals surface area contributed by atoms with Crippen LogP contribution in [-0.2, 0) is 13.0 Å². The first-order chi connectivity index (χ1) is 8.05. The van der Waals surface area contributed by atoms with E-state index in [-0.39, 0.29) is 5.54 Å². The summed E-state index contributed by atoms with van der Waals surface area (Å²) in [6.45, 7) is 7.44. The molecule has 2 unspecified atom stereocenters. The molecule has 3 heteroatoms. The van der Waals surface area contributed by atoms with Crippen molar-refractivity contribution in [3.8, 4) is 0 Å². The van der Waals surface area contributed by atoms with E-state index in [1.165, 1.54) is 25.0 Å². The molecule has 96 valence electrons. The average Bonchev–Trinajstić information content (AvgIpc) is 2.63. The van der Waals surface area contributed by atoms with Gasteiger partial charge in [0.1, 0.15) is 0 Å². The van der Waals surface area contributed by atoms with Crippen molar-refractivity contribution in [3.05, 3.63) is 17.5 Å². The number of aryl methyl sites for hydroxylation is 2. The Kier molecular flexibility index (Phi) is 3.57. The van der Waals surface area contributed by atoms with Crippen molar-refractivity contribution in [2.75, 3.05) is 0 Å². The molecule has 0 aliphatic heterocycles. The van der Waals surface area contributed by atoms with Gasteiger partial charge in [-0.2, -0.15) is 5.10 Å². The number of rotatable bonds is 3. The molecule has 0 radical (unpaired) electrons. The lowest BCUT2D eigenvalue weighted by molar-refractivity contribution is 0.200. The predicted molar refractivity (Wildman–Crippen MR) is 70.9 cm³/mol. The zero-order valence-electron chi connectivity index (χ0n) is 11.4. The van der Waals surface area contributed by atoms with Gasteiger partial charge >= 0.3 is 0 Å². The van der Waals surface area contributed by atoms with Crippen LogP contribution in [0.2, 0.25) is 0 Å². The molecule has 1 saturated carbocycles. The number of nitrogens with two attached hydrogens (primary N) is 1. The van der Waals surface area contributed by atoms with Gasteiger partial charge in [-0.1, -0.05) is 19.8 Å². The Hall–Kier alpha value is -0.830. The molecule has 1 aromatic rings. The molecule has 1 fully saturated rings. The molecule has 17 heavy (non-hydrogen) atoms. The minimum absolute atomic E-state index is 0.0162. The smallest absolute Gasteiger partial charge is 0.0596 e. The van der Waals surface area contributed by atoms with Crippen molar-refractivity contribution in [1.82, 2.24) is 9.78 Å². The zero-order chi connectivity index (χ0) is 12.5. The standard InChI is InChI=1S/C14H25N3/c1-4-17-13(9-12(3)16-17)10-14(15)8-6-5-7-11(14)2/h9,11H,4-8,10,15H2,1-3H3. The van der Waals surface area contributed by atoms with Crippen molar-refractivity contribution >= 4 is 0 Å². The van der Waals surface area contributed by atoms with Crippen LogP contribution in [0, 0.1) is 12.8 Å². The van der Waals surface area contributed by atoms with Gasteiger partial charge in [0, 0.05) is 24.2 Å². The highest BCUT2D eigenvalue weighted by Crippen LogP contribution is 2.34. The summed E-state index contributed by atoms with van der Waals surface area (Å²) in [5.74, 6) is 0.622. The molecule has 0 amide bonds. The van der Waals surface area contributed by atoms with E-state index in [4.69, 9.17) is 5.73 Å². The van der Waals surface area contributed by atoms with Crippen LogP contribution in [0.15, 0.2) is 6.07 Å². The van der Waals surface area contributed by atoms with Gasteiger partial charge in [0.05, 0.1) is 5.69 Å². The molecule has 2 rings (SSSR count). The maximum absolute atomic E-state index is 6.63. The number of nitrogens with zero attached hydrogens (tertiary/aromatic N) is 2. The molecule has 2 atom stereocenters. The lowest BCUT2D eigenvalue weighted by Crippen LogP contribution is -2.50. The molecule has 0 bridgehead atoms. The highest BCUT2D eigenvalue weighted by molar-refractivity contribution is 5.14. The summed E-state index contributed by atoms with van der Waals surface area (Å²) in [7, 11) is 0. The van der Waals surface area contributed by atoms with E-state index in [0.717, 1.165) is 25.1 Å². The van der Waals surface area contributed by atoms with Crippen LogP contribution in [0.1, 0.15) is 50.9 Å². The Labute approximate surface area is 104 Å². The highest BCUT2D eigenvalue weighted by atomic mass is 15.3. The minimum Gasteiger partial charge on any atom is -0.325 e. The Morgan fingerprint density at radius 2 is 2.29 bits per heavy atom. The lowest BCUT2D eigenvalue weighted by Gasteiger charge is -2.39. The van der Waals surface area contributed by atoms with Gasteiger partial charge in [0.15, 0.2) is 0 Å². The van der Waals surface area contributed by atoms with Crippen LogP contribution >= 0.6 is 0 Å². The average molecular weight is 235 g/mol. The first-order valence-electron chi connectivity index (χ1n) is 6.87. The third-order valence-electron chi connectivity index (χ3n) is 4.31. The Morgan fingerprint density at radius 3 is 2.94 bits per heavy atom. The molecule has 0 saturated heterocycles. The van der Waals surface area contributed by atoms with E-state index in [1.54, 1.807) is 0 Å². The summed E-state index contributed by atoms with van der Waals surface area (Å²) in [6, 6.07) is 2.19. The lowest BCUT2D eigenvalue weighted by atomic mass is 9.72. The molecular formula is C14H25N3. The SMILES string of the molecule is CCn1nc(C)cc1CC1(N)CCCCC1C. The van der Waals surface area contributed by atoms with E-state index >= 15 is 0 Å². The van der Waals surface area contributed by atoms with Gasteiger partial charge in [0.2, 0.25) is 0 Å². The van der Waals surface area contributed by atoms with E-state index in [0.29, 0.717) is 5.92 Å². The van der Waals surface area contributed by atoms with Crippen LogP contribution in [0.25, 0.3) is 0 Å². The highest BCUT2D eigenvalue weighted by Gasteiger charge is 2.35. The molecule has 0 aromatic carbocycles. The zero-order valence-corrected chi connectivity index (χ0v) is 11.4. The molecular weight excluding hydrogens is 210 g/mol. The molecule has 0 spiro atoms. The largest absolute Gasteiger partial charge is 0.325 e. The van der Waals surface area contributed by atoms with Crippen molar-refractivity contribution in [1.29, 1.82) is 0 Å². The van der Waals surface area contributed by atoms with Crippen molar-refractivity contribution in [2.24, 2.45) is 11.7 Å². The first kappa shape index (κ1) is 12.6. The van der Waals surface area contributed by atoms with Crippen molar-refractivity contribution in [3.63, 3.8) is 0 Å². The van der Waals surface area contributed by atoms with Gasteiger partial charge in [-0.3, -0.25) is 4.68 Å². The third kappa shape index (κ3) is 2.54. The van der Waals surface area contributed by atoms with Crippen LogP contribution in [-0.4, -0.2) is 15.3 Å². The van der Waals surface area contributed by atoms with Gasteiger partial charge in [-0.05, 0) is 38.7 Å². The topological polar surface area (TPSA) is 43.8 Å². The van der Waals surface area contributed by atoms with Gasteiger partial charge < -0.3 is 5.73 Å². The fourth-order valence-electron chi connectivity index (χ4n) is 3.05. The van der Waals surface area contributed by atoms with Crippen LogP contribution in [0.5, 0.6) is 0 Å². The van der Waals surface area contributed by atoms with Crippen LogP contribution < -0.4 is 5.73 Å². The van der Waals surface area contributed by atoms with E-state index in [2.05, 4.69) is 36.6 Å². The quantitative estimate of drug-likeness (QED) is 0.875. The summed E-state index contributed by atoms with van der Waals surface area (Å²) < 4.78 is 2.10. The van der Waals surface area contributed by atoms with Gasteiger partial charge in [-0.25, -0.2) is 0 Å². The molecule has 2 N–H and O–H groups in total. The molecule has 1 aliphatic rings. The molecule has 3 nitrogen and oxygen atoms in total. The van der Waals surface area contributed by atoms with Crippen LogP contribution in [0.4, 0.5) is 0 Å².